The molecule has 0 N–H and O–H groups in total. The second-order valence-electron chi connectivity index (χ2n) is 4.27. The van der Waals surface area contributed by atoms with Crippen molar-refractivity contribution in [3.05, 3.63) is 12.7 Å². The molecule has 0 aliphatic carbocycles. The lowest BCUT2D eigenvalue weighted by molar-refractivity contribution is 0.351. The largest absolute Gasteiger partial charge is 0.103 e. The second kappa shape index (κ2) is 6.28. The van der Waals surface area contributed by atoms with Crippen molar-refractivity contribution in [1.29, 1.82) is 0 Å². The summed E-state index contributed by atoms with van der Waals surface area (Å²) in [5.41, 5.74) is 0. The van der Waals surface area contributed by atoms with Gasteiger partial charge in [0.05, 0.1) is 0 Å². The van der Waals surface area contributed by atoms with Crippen molar-refractivity contribution in [2.75, 3.05) is 0 Å². The highest BCUT2D eigenvalue weighted by atomic mass is 14.2. The predicted molar refractivity (Wildman–Crippen MR) is 57.2 cm³/mol. The fourth-order valence-electron chi connectivity index (χ4n) is 1.72. The minimum Gasteiger partial charge on any atom is -0.103 e. The van der Waals surface area contributed by atoms with Gasteiger partial charge in [0.2, 0.25) is 0 Å². The van der Waals surface area contributed by atoms with Crippen LogP contribution in [-0.4, -0.2) is 0 Å². The first-order valence-electron chi connectivity index (χ1n) is 5.24. The molecule has 0 amide bonds. The molecule has 0 spiro atoms. The first kappa shape index (κ1) is 11.7. The van der Waals surface area contributed by atoms with Gasteiger partial charge in [-0.1, -0.05) is 46.6 Å². The summed E-state index contributed by atoms with van der Waals surface area (Å²) in [4.78, 5) is 0. The summed E-state index contributed by atoms with van der Waals surface area (Å²) >= 11 is 0. The van der Waals surface area contributed by atoms with Crippen LogP contribution in [0, 0.1) is 17.8 Å². The molecule has 0 heterocycles. The molecular formula is C12H24. The summed E-state index contributed by atoms with van der Waals surface area (Å²) in [7, 11) is 0. The molecule has 0 nitrogen and oxygen atoms in total. The van der Waals surface area contributed by atoms with E-state index in [1.165, 1.54) is 19.3 Å². The average Bonchev–Trinajstić information content (AvgIpc) is 2.00. The van der Waals surface area contributed by atoms with E-state index in [0.29, 0.717) is 5.92 Å². The number of rotatable bonds is 6. The Labute approximate surface area is 78.1 Å². The monoisotopic (exact) mass is 168 g/mol. The van der Waals surface area contributed by atoms with E-state index in [2.05, 4.69) is 40.3 Å². The van der Waals surface area contributed by atoms with Gasteiger partial charge >= 0.3 is 0 Å². The fraction of sp³-hybridized carbons (Fsp3) is 0.833. The van der Waals surface area contributed by atoms with Gasteiger partial charge in [-0.2, -0.15) is 0 Å². The molecule has 2 unspecified atom stereocenters. The standard InChI is InChI=1S/C12H24/c1-6-8-11(5)9-12(7-2)10(3)4/h7,10-12H,2,6,8-9H2,1,3-5H3. The van der Waals surface area contributed by atoms with Crippen LogP contribution >= 0.6 is 0 Å². The molecule has 12 heavy (non-hydrogen) atoms. The smallest absolute Gasteiger partial charge is 0.0211 e. The van der Waals surface area contributed by atoms with Gasteiger partial charge in [-0.15, -0.1) is 6.58 Å². The van der Waals surface area contributed by atoms with Gasteiger partial charge in [0.25, 0.3) is 0 Å². The molecule has 0 bridgehead atoms. The van der Waals surface area contributed by atoms with Gasteiger partial charge in [-0.25, -0.2) is 0 Å². The van der Waals surface area contributed by atoms with Crippen molar-refractivity contribution >= 4 is 0 Å². The van der Waals surface area contributed by atoms with Crippen molar-refractivity contribution in [3.8, 4) is 0 Å². The maximum Gasteiger partial charge on any atom is -0.0211 e. The van der Waals surface area contributed by atoms with Crippen LogP contribution in [0.1, 0.15) is 47.0 Å². The minimum atomic E-state index is 0.714. The lowest BCUT2D eigenvalue weighted by Gasteiger charge is -2.20. The molecule has 0 radical (unpaired) electrons. The molecule has 0 rings (SSSR count). The molecule has 0 aromatic carbocycles. The zero-order valence-electron chi connectivity index (χ0n) is 9.14. The van der Waals surface area contributed by atoms with Crippen molar-refractivity contribution < 1.29 is 0 Å². The lowest BCUT2D eigenvalue weighted by atomic mass is 9.85. The van der Waals surface area contributed by atoms with Crippen molar-refractivity contribution in [1.82, 2.24) is 0 Å². The summed E-state index contributed by atoms with van der Waals surface area (Å²) in [6, 6.07) is 0. The summed E-state index contributed by atoms with van der Waals surface area (Å²) < 4.78 is 0. The number of allylic oxidation sites excluding steroid dienone is 1. The molecule has 0 aromatic heterocycles. The van der Waals surface area contributed by atoms with Crippen LogP contribution in [0.3, 0.4) is 0 Å². The van der Waals surface area contributed by atoms with E-state index in [0.717, 1.165) is 11.8 Å². The van der Waals surface area contributed by atoms with Crippen LogP contribution in [0.25, 0.3) is 0 Å². The Hall–Kier alpha value is -0.260. The molecule has 0 saturated carbocycles. The number of hydrogen-bond acceptors (Lipinski definition) is 0. The Kier molecular flexibility index (Phi) is 6.14. The Balaban J connectivity index is 3.76. The van der Waals surface area contributed by atoms with Crippen LogP contribution in [0.15, 0.2) is 12.7 Å². The summed E-state index contributed by atoms with van der Waals surface area (Å²) in [5.74, 6) is 2.33. The predicted octanol–water partition coefficient (Wildman–Crippen LogP) is 4.27. The zero-order valence-corrected chi connectivity index (χ0v) is 9.14. The van der Waals surface area contributed by atoms with Crippen molar-refractivity contribution in [2.45, 2.75) is 47.0 Å². The highest BCUT2D eigenvalue weighted by Gasteiger charge is 2.12. The zero-order chi connectivity index (χ0) is 9.56. The van der Waals surface area contributed by atoms with E-state index in [-0.39, 0.29) is 0 Å². The first-order chi connectivity index (χ1) is 5.61. The van der Waals surface area contributed by atoms with Crippen LogP contribution in [0.5, 0.6) is 0 Å². The Morgan fingerprint density at radius 3 is 2.17 bits per heavy atom. The van der Waals surface area contributed by atoms with Gasteiger partial charge < -0.3 is 0 Å². The molecule has 0 aromatic rings. The number of hydrogen-bond donors (Lipinski definition) is 0. The van der Waals surface area contributed by atoms with Crippen molar-refractivity contribution in [2.24, 2.45) is 17.8 Å². The van der Waals surface area contributed by atoms with Gasteiger partial charge in [0.15, 0.2) is 0 Å². The van der Waals surface area contributed by atoms with E-state index in [1.54, 1.807) is 0 Å². The summed E-state index contributed by atoms with van der Waals surface area (Å²) in [5, 5.41) is 0. The third-order valence-corrected chi connectivity index (χ3v) is 2.62. The highest BCUT2D eigenvalue weighted by molar-refractivity contribution is 4.82. The molecule has 0 heteroatoms. The molecule has 0 aliphatic rings. The van der Waals surface area contributed by atoms with Crippen LogP contribution in [-0.2, 0) is 0 Å². The third kappa shape index (κ3) is 4.58. The normalized spacial score (nSPS) is 16.1. The van der Waals surface area contributed by atoms with Gasteiger partial charge in [0.1, 0.15) is 0 Å². The molecule has 0 saturated heterocycles. The van der Waals surface area contributed by atoms with Crippen LogP contribution in [0.2, 0.25) is 0 Å². The fourth-order valence-corrected chi connectivity index (χ4v) is 1.72. The summed E-state index contributed by atoms with van der Waals surface area (Å²) in [6.07, 6.45) is 6.10. The van der Waals surface area contributed by atoms with Crippen LogP contribution < -0.4 is 0 Å². The van der Waals surface area contributed by atoms with E-state index in [9.17, 15) is 0 Å². The van der Waals surface area contributed by atoms with Crippen molar-refractivity contribution in [3.63, 3.8) is 0 Å². The molecular weight excluding hydrogens is 144 g/mol. The molecule has 2 atom stereocenters. The molecule has 0 aliphatic heterocycles. The maximum absolute atomic E-state index is 3.90. The Bertz CT molecular complexity index is 113. The van der Waals surface area contributed by atoms with E-state index in [4.69, 9.17) is 0 Å². The maximum atomic E-state index is 3.90. The molecule has 0 fully saturated rings. The quantitative estimate of drug-likeness (QED) is 0.519. The van der Waals surface area contributed by atoms with E-state index >= 15 is 0 Å². The van der Waals surface area contributed by atoms with Gasteiger partial charge in [-0.05, 0) is 24.2 Å². The second-order valence-corrected chi connectivity index (χ2v) is 4.27. The Morgan fingerprint density at radius 2 is 1.83 bits per heavy atom. The highest BCUT2D eigenvalue weighted by Crippen LogP contribution is 2.23. The minimum absolute atomic E-state index is 0.714. The molecule has 72 valence electrons. The van der Waals surface area contributed by atoms with Gasteiger partial charge in [-0.3, -0.25) is 0 Å². The summed E-state index contributed by atoms with van der Waals surface area (Å²) in [6.45, 7) is 13.1. The Morgan fingerprint density at radius 1 is 1.25 bits per heavy atom. The topological polar surface area (TPSA) is 0 Å². The van der Waals surface area contributed by atoms with E-state index < -0.39 is 0 Å². The third-order valence-electron chi connectivity index (χ3n) is 2.62. The van der Waals surface area contributed by atoms with Crippen LogP contribution in [0.4, 0.5) is 0 Å². The van der Waals surface area contributed by atoms with Gasteiger partial charge in [0, 0.05) is 0 Å². The first-order valence-corrected chi connectivity index (χ1v) is 5.24. The lowest BCUT2D eigenvalue weighted by Crippen LogP contribution is -2.10. The SMILES string of the molecule is C=CC(CC(C)CCC)C(C)C. The average molecular weight is 168 g/mol. The van der Waals surface area contributed by atoms with E-state index in [1.807, 2.05) is 0 Å².